The van der Waals surface area contributed by atoms with Crippen molar-refractivity contribution in [2.24, 2.45) is 0 Å². The van der Waals surface area contributed by atoms with Gasteiger partial charge in [0.05, 0.1) is 6.61 Å². The van der Waals surface area contributed by atoms with Gasteiger partial charge in [-0.15, -0.1) is 11.6 Å². The second-order valence-corrected chi connectivity index (χ2v) is 3.06. The van der Waals surface area contributed by atoms with Crippen LogP contribution >= 0.6 is 11.6 Å². The van der Waals surface area contributed by atoms with Gasteiger partial charge in [-0.25, -0.2) is 0 Å². The topological polar surface area (TPSA) is 23.5 Å². The van der Waals surface area contributed by atoms with Crippen LogP contribution < -0.4 is 0 Å². The summed E-state index contributed by atoms with van der Waals surface area (Å²) in [5.74, 6) is 0.677. The minimum absolute atomic E-state index is 0.257. The van der Waals surface area contributed by atoms with Gasteiger partial charge in [0.15, 0.2) is 0 Å². The van der Waals surface area contributed by atoms with Crippen LogP contribution in [0.1, 0.15) is 12.8 Å². The molecule has 0 aromatic carbocycles. The van der Waals surface area contributed by atoms with E-state index in [1.54, 1.807) is 0 Å². The molecule has 1 rings (SSSR count). The summed E-state index contributed by atoms with van der Waals surface area (Å²) < 4.78 is 0. The second kappa shape index (κ2) is 4.16. The molecule has 0 aromatic rings. The molecule has 2 nitrogen and oxygen atoms in total. The van der Waals surface area contributed by atoms with E-state index in [0.717, 1.165) is 19.1 Å². The molecule has 0 amide bonds. The number of halogens is 1. The first-order chi connectivity index (χ1) is 4.88. The maximum Gasteiger partial charge on any atom is 0.0558 e. The zero-order valence-electron chi connectivity index (χ0n) is 6.09. The fraction of sp³-hybridized carbons (Fsp3) is 1.00. The van der Waals surface area contributed by atoms with Crippen LogP contribution in [0.4, 0.5) is 0 Å². The molecule has 0 unspecified atom stereocenters. The van der Waals surface area contributed by atoms with Gasteiger partial charge >= 0.3 is 0 Å². The van der Waals surface area contributed by atoms with Gasteiger partial charge in [-0.1, -0.05) is 0 Å². The van der Waals surface area contributed by atoms with Gasteiger partial charge in [-0.3, -0.25) is 4.90 Å². The van der Waals surface area contributed by atoms with Crippen molar-refractivity contribution in [1.82, 2.24) is 4.90 Å². The summed E-state index contributed by atoms with van der Waals surface area (Å²) in [5, 5.41) is 8.66. The largest absolute Gasteiger partial charge is 0.395 e. The molecule has 0 bridgehead atoms. The summed E-state index contributed by atoms with van der Waals surface area (Å²) >= 11 is 5.58. The van der Waals surface area contributed by atoms with Crippen molar-refractivity contribution in [1.29, 1.82) is 0 Å². The highest BCUT2D eigenvalue weighted by molar-refractivity contribution is 6.18. The smallest absolute Gasteiger partial charge is 0.0558 e. The lowest BCUT2D eigenvalue weighted by Crippen LogP contribution is -2.30. The maximum absolute atomic E-state index is 8.66. The number of aliphatic hydroxyl groups is 1. The highest BCUT2D eigenvalue weighted by atomic mass is 35.5. The molecule has 3 heteroatoms. The molecule has 1 aliphatic rings. The van der Waals surface area contributed by atoms with Crippen molar-refractivity contribution in [3.8, 4) is 0 Å². The maximum atomic E-state index is 8.66. The second-order valence-electron chi connectivity index (χ2n) is 2.68. The predicted molar refractivity (Wildman–Crippen MR) is 42.4 cm³/mol. The van der Waals surface area contributed by atoms with Crippen LogP contribution in [-0.4, -0.2) is 41.6 Å². The van der Waals surface area contributed by atoms with E-state index < -0.39 is 0 Å². The van der Waals surface area contributed by atoms with Crippen molar-refractivity contribution in [3.63, 3.8) is 0 Å². The SMILES string of the molecule is OCCN(CCCl)C1CC1. The first kappa shape index (κ1) is 8.31. The summed E-state index contributed by atoms with van der Waals surface area (Å²) in [6.45, 7) is 1.97. The van der Waals surface area contributed by atoms with Gasteiger partial charge in [0.1, 0.15) is 0 Å². The highest BCUT2D eigenvalue weighted by Gasteiger charge is 2.27. The monoisotopic (exact) mass is 163 g/mol. The number of rotatable bonds is 5. The van der Waals surface area contributed by atoms with Crippen molar-refractivity contribution >= 4 is 11.6 Å². The standard InChI is InChI=1S/C7H14ClNO/c8-3-4-9(5-6-10)7-1-2-7/h7,10H,1-6H2. The Balaban J connectivity index is 2.13. The van der Waals surface area contributed by atoms with Gasteiger partial charge in [0, 0.05) is 25.0 Å². The van der Waals surface area contributed by atoms with E-state index in [1.807, 2.05) is 0 Å². The Hall–Kier alpha value is 0.210. The Morgan fingerprint density at radius 2 is 2.10 bits per heavy atom. The summed E-state index contributed by atoms with van der Waals surface area (Å²) in [4.78, 5) is 2.26. The number of hydrogen-bond acceptors (Lipinski definition) is 2. The zero-order chi connectivity index (χ0) is 7.40. The molecule has 0 saturated heterocycles. The average Bonchev–Trinajstić information content (AvgIpc) is 2.69. The minimum Gasteiger partial charge on any atom is -0.395 e. The summed E-state index contributed by atoms with van der Waals surface area (Å²) in [6, 6.07) is 0.728. The molecule has 1 saturated carbocycles. The normalized spacial score (nSPS) is 18.3. The molecule has 0 spiro atoms. The summed E-state index contributed by atoms with van der Waals surface area (Å²) in [7, 11) is 0. The van der Waals surface area contributed by atoms with Gasteiger partial charge in [0.2, 0.25) is 0 Å². The van der Waals surface area contributed by atoms with Crippen molar-refractivity contribution in [3.05, 3.63) is 0 Å². The molecular formula is C7H14ClNO. The summed E-state index contributed by atoms with van der Waals surface area (Å²) in [6.07, 6.45) is 2.58. The quantitative estimate of drug-likeness (QED) is 0.603. The zero-order valence-corrected chi connectivity index (χ0v) is 6.85. The molecule has 0 aliphatic heterocycles. The Labute approximate surface area is 66.8 Å². The number of nitrogens with zero attached hydrogens (tertiary/aromatic N) is 1. The fourth-order valence-electron chi connectivity index (χ4n) is 1.15. The lowest BCUT2D eigenvalue weighted by molar-refractivity contribution is 0.196. The van der Waals surface area contributed by atoms with Gasteiger partial charge in [-0.05, 0) is 12.8 Å². The highest BCUT2D eigenvalue weighted by Crippen LogP contribution is 2.25. The summed E-state index contributed by atoms with van der Waals surface area (Å²) in [5.41, 5.74) is 0. The van der Waals surface area contributed by atoms with Crippen LogP contribution in [0, 0.1) is 0 Å². The molecule has 1 aliphatic carbocycles. The van der Waals surface area contributed by atoms with Gasteiger partial charge < -0.3 is 5.11 Å². The predicted octanol–water partition coefficient (Wildman–Crippen LogP) is 0.682. The molecule has 1 N–H and O–H groups in total. The van der Waals surface area contributed by atoms with Crippen LogP contribution in [0.15, 0.2) is 0 Å². The van der Waals surface area contributed by atoms with E-state index in [0.29, 0.717) is 5.88 Å². The first-order valence-electron chi connectivity index (χ1n) is 3.79. The molecule has 1 fully saturated rings. The fourth-order valence-corrected chi connectivity index (χ4v) is 1.37. The Morgan fingerprint density at radius 1 is 1.40 bits per heavy atom. The molecular weight excluding hydrogens is 150 g/mol. The Bertz CT molecular complexity index is 89.6. The molecule has 60 valence electrons. The van der Waals surface area contributed by atoms with Crippen LogP contribution in [0.25, 0.3) is 0 Å². The van der Waals surface area contributed by atoms with Crippen LogP contribution in [0.5, 0.6) is 0 Å². The van der Waals surface area contributed by atoms with Gasteiger partial charge in [-0.2, -0.15) is 0 Å². The first-order valence-corrected chi connectivity index (χ1v) is 4.33. The van der Waals surface area contributed by atoms with E-state index >= 15 is 0 Å². The number of alkyl halides is 1. The third-order valence-corrected chi connectivity index (χ3v) is 1.99. The van der Waals surface area contributed by atoms with E-state index in [2.05, 4.69) is 4.90 Å². The van der Waals surface area contributed by atoms with E-state index in [9.17, 15) is 0 Å². The Kier molecular flexibility index (Phi) is 3.46. The number of aliphatic hydroxyl groups excluding tert-OH is 1. The van der Waals surface area contributed by atoms with Crippen LogP contribution in [-0.2, 0) is 0 Å². The lowest BCUT2D eigenvalue weighted by atomic mass is 10.4. The van der Waals surface area contributed by atoms with E-state index in [1.165, 1.54) is 12.8 Å². The average molecular weight is 164 g/mol. The van der Waals surface area contributed by atoms with Crippen molar-refractivity contribution in [2.75, 3.05) is 25.6 Å². The molecule has 0 radical (unpaired) electrons. The van der Waals surface area contributed by atoms with E-state index in [4.69, 9.17) is 16.7 Å². The van der Waals surface area contributed by atoms with E-state index in [-0.39, 0.29) is 6.61 Å². The number of hydrogen-bond donors (Lipinski definition) is 1. The molecule has 10 heavy (non-hydrogen) atoms. The van der Waals surface area contributed by atoms with Crippen LogP contribution in [0.3, 0.4) is 0 Å². The molecule has 0 atom stereocenters. The van der Waals surface area contributed by atoms with Crippen molar-refractivity contribution in [2.45, 2.75) is 18.9 Å². The minimum atomic E-state index is 0.257. The van der Waals surface area contributed by atoms with Crippen LogP contribution in [0.2, 0.25) is 0 Å². The van der Waals surface area contributed by atoms with Crippen molar-refractivity contribution < 1.29 is 5.11 Å². The third-order valence-electron chi connectivity index (χ3n) is 1.82. The Morgan fingerprint density at radius 3 is 2.50 bits per heavy atom. The van der Waals surface area contributed by atoms with Gasteiger partial charge in [0.25, 0.3) is 0 Å². The third kappa shape index (κ3) is 2.45. The lowest BCUT2D eigenvalue weighted by Gasteiger charge is -2.18. The molecule has 0 heterocycles. The molecule has 0 aromatic heterocycles.